The molecular formula is C21H21ClN6O4. The monoisotopic (exact) mass is 456 g/mol. The summed E-state index contributed by atoms with van der Waals surface area (Å²) in [7, 11) is 3.04. The lowest BCUT2D eigenvalue weighted by atomic mass is 10.1. The Labute approximate surface area is 188 Å². The van der Waals surface area contributed by atoms with E-state index in [-0.39, 0.29) is 13.2 Å². The van der Waals surface area contributed by atoms with Gasteiger partial charge in [-0.15, -0.1) is 0 Å². The van der Waals surface area contributed by atoms with Gasteiger partial charge in [0, 0.05) is 36.3 Å². The molecule has 0 fully saturated rings. The van der Waals surface area contributed by atoms with Crippen LogP contribution in [-0.4, -0.2) is 62.3 Å². The van der Waals surface area contributed by atoms with Crippen molar-refractivity contribution in [3.8, 4) is 17.0 Å². The van der Waals surface area contributed by atoms with Gasteiger partial charge >= 0.3 is 0 Å². The van der Waals surface area contributed by atoms with Crippen molar-refractivity contribution in [2.45, 2.75) is 12.6 Å². The van der Waals surface area contributed by atoms with Crippen molar-refractivity contribution in [1.82, 2.24) is 24.4 Å². The largest absolute Gasteiger partial charge is 0.496 e. The van der Waals surface area contributed by atoms with Gasteiger partial charge in [-0.25, -0.2) is 9.50 Å². The molecule has 1 amide bonds. The van der Waals surface area contributed by atoms with Crippen molar-refractivity contribution in [3.05, 3.63) is 59.6 Å². The molecule has 0 aliphatic rings. The highest BCUT2D eigenvalue weighted by Gasteiger charge is 2.21. The lowest BCUT2D eigenvalue weighted by Crippen LogP contribution is -2.21. The van der Waals surface area contributed by atoms with Gasteiger partial charge in [0.15, 0.2) is 5.65 Å². The molecule has 4 aromatic rings. The van der Waals surface area contributed by atoms with Crippen LogP contribution in [0.4, 0.5) is 5.69 Å². The number of carbonyl (C=O) groups excluding carboxylic acids is 1. The zero-order valence-corrected chi connectivity index (χ0v) is 18.2. The van der Waals surface area contributed by atoms with Crippen molar-refractivity contribution >= 4 is 28.8 Å². The van der Waals surface area contributed by atoms with Crippen LogP contribution in [0.1, 0.15) is 10.4 Å². The summed E-state index contributed by atoms with van der Waals surface area (Å²) in [5, 5.41) is 22.2. The maximum Gasteiger partial charge on any atom is 0.261 e. The Balaban J connectivity index is 1.73. The van der Waals surface area contributed by atoms with Gasteiger partial charge in [0.2, 0.25) is 0 Å². The number of anilines is 1. The van der Waals surface area contributed by atoms with Crippen LogP contribution in [0, 0.1) is 0 Å². The summed E-state index contributed by atoms with van der Waals surface area (Å²) >= 11 is 6.21. The maximum absolute atomic E-state index is 13.1. The van der Waals surface area contributed by atoms with Gasteiger partial charge in [-0.1, -0.05) is 11.6 Å². The Kier molecular flexibility index (Phi) is 6.35. The van der Waals surface area contributed by atoms with Crippen LogP contribution in [0.25, 0.3) is 16.9 Å². The van der Waals surface area contributed by atoms with Crippen LogP contribution in [0.5, 0.6) is 5.75 Å². The van der Waals surface area contributed by atoms with Gasteiger partial charge in [-0.3, -0.25) is 9.48 Å². The molecule has 0 radical (unpaired) electrons. The fourth-order valence-corrected chi connectivity index (χ4v) is 3.48. The Morgan fingerprint density at radius 1 is 1.34 bits per heavy atom. The van der Waals surface area contributed by atoms with E-state index in [1.54, 1.807) is 42.9 Å². The number of hydrogen-bond donors (Lipinski definition) is 2. The van der Waals surface area contributed by atoms with Crippen LogP contribution in [-0.2, 0) is 11.3 Å². The number of carbonyl (C=O) groups is 1. The molecule has 1 aromatic carbocycles. The normalized spacial score (nSPS) is 12.1. The number of rotatable bonds is 8. The van der Waals surface area contributed by atoms with E-state index in [1.807, 2.05) is 0 Å². The SMILES string of the molecule is COC[C@@H](O)Cn1cc(NC(=O)c2cnn3cccnc23)c(-c2cc(Cl)ccc2OC)n1. The lowest BCUT2D eigenvalue weighted by Gasteiger charge is -2.10. The van der Waals surface area contributed by atoms with Crippen molar-refractivity contribution in [2.24, 2.45) is 0 Å². The Hall–Kier alpha value is -3.47. The molecule has 1 atom stereocenters. The summed E-state index contributed by atoms with van der Waals surface area (Å²) in [5.74, 6) is 0.128. The third kappa shape index (κ3) is 4.42. The first-order chi connectivity index (χ1) is 15.5. The molecule has 3 aromatic heterocycles. The number of benzene rings is 1. The molecule has 0 unspecified atom stereocenters. The van der Waals surface area contributed by atoms with Crippen LogP contribution < -0.4 is 10.1 Å². The molecule has 0 aliphatic heterocycles. The first-order valence-electron chi connectivity index (χ1n) is 9.68. The minimum Gasteiger partial charge on any atom is -0.496 e. The van der Waals surface area contributed by atoms with E-state index in [0.717, 1.165) is 0 Å². The summed E-state index contributed by atoms with van der Waals surface area (Å²) in [4.78, 5) is 17.3. The van der Waals surface area contributed by atoms with Gasteiger partial charge in [-0.05, 0) is 24.3 Å². The van der Waals surface area contributed by atoms with E-state index >= 15 is 0 Å². The molecule has 0 saturated carbocycles. The zero-order chi connectivity index (χ0) is 22.7. The molecule has 0 spiro atoms. The number of aliphatic hydroxyl groups is 1. The standard InChI is InChI=1S/C21H21ClN6O4/c1-31-12-14(29)10-27-11-17(19(26-27)15-8-13(22)4-5-18(15)32-2)25-21(30)16-9-24-28-7-3-6-23-20(16)28/h3-9,11,14,29H,10,12H2,1-2H3,(H,25,30)/t14-/m0/s1. The Bertz CT molecular complexity index is 1250. The average molecular weight is 457 g/mol. The molecule has 166 valence electrons. The predicted molar refractivity (Wildman–Crippen MR) is 118 cm³/mol. The summed E-state index contributed by atoms with van der Waals surface area (Å²) in [6.07, 6.45) is 5.60. The third-order valence-electron chi connectivity index (χ3n) is 4.71. The summed E-state index contributed by atoms with van der Waals surface area (Å²) in [6, 6.07) is 6.84. The highest BCUT2D eigenvalue weighted by molar-refractivity contribution is 6.31. The highest BCUT2D eigenvalue weighted by Crippen LogP contribution is 2.36. The molecule has 10 nitrogen and oxygen atoms in total. The first-order valence-corrected chi connectivity index (χ1v) is 10.1. The summed E-state index contributed by atoms with van der Waals surface area (Å²) < 4.78 is 13.5. The zero-order valence-electron chi connectivity index (χ0n) is 17.4. The number of aliphatic hydroxyl groups excluding tert-OH is 1. The highest BCUT2D eigenvalue weighted by atomic mass is 35.5. The molecule has 32 heavy (non-hydrogen) atoms. The van der Waals surface area contributed by atoms with Crippen LogP contribution in [0.2, 0.25) is 5.02 Å². The number of ether oxygens (including phenoxy) is 2. The number of nitrogens with zero attached hydrogens (tertiary/aromatic N) is 5. The molecule has 0 bridgehead atoms. The van der Waals surface area contributed by atoms with Crippen molar-refractivity contribution < 1.29 is 19.4 Å². The number of methoxy groups -OCH3 is 2. The smallest absolute Gasteiger partial charge is 0.261 e. The van der Waals surface area contributed by atoms with Crippen LogP contribution in [0.15, 0.2) is 49.1 Å². The molecule has 4 rings (SSSR count). The van der Waals surface area contributed by atoms with Gasteiger partial charge in [0.1, 0.15) is 17.0 Å². The summed E-state index contributed by atoms with van der Waals surface area (Å²) in [6.45, 7) is 0.309. The molecule has 11 heteroatoms. The fraction of sp³-hybridized carbons (Fsp3) is 0.238. The van der Waals surface area contributed by atoms with E-state index < -0.39 is 12.0 Å². The van der Waals surface area contributed by atoms with Crippen molar-refractivity contribution in [3.63, 3.8) is 0 Å². The number of amides is 1. The van der Waals surface area contributed by atoms with Gasteiger partial charge in [-0.2, -0.15) is 10.2 Å². The second-order valence-corrected chi connectivity index (χ2v) is 7.40. The number of nitrogens with one attached hydrogen (secondary N) is 1. The molecule has 0 saturated heterocycles. The third-order valence-corrected chi connectivity index (χ3v) is 4.94. The van der Waals surface area contributed by atoms with Crippen LogP contribution >= 0.6 is 11.6 Å². The van der Waals surface area contributed by atoms with Gasteiger partial charge in [0.25, 0.3) is 5.91 Å². The minimum atomic E-state index is -0.777. The molecule has 3 heterocycles. The van der Waals surface area contributed by atoms with E-state index in [9.17, 15) is 9.90 Å². The Morgan fingerprint density at radius 2 is 2.19 bits per heavy atom. The second-order valence-electron chi connectivity index (χ2n) is 6.97. The van der Waals surface area contributed by atoms with Crippen molar-refractivity contribution in [2.75, 3.05) is 26.1 Å². The number of hydrogen-bond acceptors (Lipinski definition) is 7. The minimum absolute atomic E-state index is 0.144. The number of halogens is 1. The van der Waals surface area contributed by atoms with E-state index in [0.29, 0.717) is 38.9 Å². The molecular weight excluding hydrogens is 436 g/mol. The van der Waals surface area contributed by atoms with E-state index in [4.69, 9.17) is 21.1 Å². The number of fused-ring (bicyclic) bond motifs is 1. The lowest BCUT2D eigenvalue weighted by molar-refractivity contribution is 0.0514. The number of aromatic nitrogens is 5. The molecule has 2 N–H and O–H groups in total. The van der Waals surface area contributed by atoms with Gasteiger partial charge in [0.05, 0.1) is 38.2 Å². The topological polar surface area (TPSA) is 116 Å². The fourth-order valence-electron chi connectivity index (χ4n) is 3.31. The quantitative estimate of drug-likeness (QED) is 0.418. The maximum atomic E-state index is 13.1. The second kappa shape index (κ2) is 9.35. The van der Waals surface area contributed by atoms with Crippen molar-refractivity contribution in [1.29, 1.82) is 0 Å². The van der Waals surface area contributed by atoms with Crippen LogP contribution in [0.3, 0.4) is 0 Å². The summed E-state index contributed by atoms with van der Waals surface area (Å²) in [5.41, 5.74) is 2.17. The molecule has 0 aliphatic carbocycles. The first kappa shape index (κ1) is 21.8. The van der Waals surface area contributed by atoms with Gasteiger partial charge < -0.3 is 19.9 Å². The predicted octanol–water partition coefficient (Wildman–Crippen LogP) is 2.51. The average Bonchev–Trinajstić information content (AvgIpc) is 3.38. The van der Waals surface area contributed by atoms with E-state index in [2.05, 4.69) is 20.5 Å². The van der Waals surface area contributed by atoms with E-state index in [1.165, 1.54) is 29.6 Å². The Morgan fingerprint density at radius 3 is 2.97 bits per heavy atom.